The zero-order valence-corrected chi connectivity index (χ0v) is 14.2. The number of ether oxygens (including phenoxy) is 1. The minimum Gasteiger partial charge on any atom is -0.494 e. The molecule has 1 saturated heterocycles. The van der Waals surface area contributed by atoms with E-state index in [1.165, 1.54) is 37.4 Å². The van der Waals surface area contributed by atoms with Gasteiger partial charge in [0.1, 0.15) is 5.82 Å². The Balaban J connectivity index is 2.03. The van der Waals surface area contributed by atoms with E-state index < -0.39 is 11.4 Å². The summed E-state index contributed by atoms with van der Waals surface area (Å²) < 4.78 is 19.4. The van der Waals surface area contributed by atoms with Crippen LogP contribution in [0.2, 0.25) is 0 Å². The molecule has 1 aliphatic heterocycles. The monoisotopic (exact) mass is 345 g/mol. The Morgan fingerprint density at radius 1 is 1.32 bits per heavy atom. The number of methoxy groups -OCH3 is 1. The van der Waals surface area contributed by atoms with E-state index in [0.29, 0.717) is 24.7 Å². The molecule has 2 aromatic rings. The molecule has 0 N–H and O–H groups in total. The Labute approximate surface area is 144 Å². The first-order valence-corrected chi connectivity index (χ1v) is 8.23. The molecule has 6 nitrogen and oxygen atoms in total. The van der Waals surface area contributed by atoms with E-state index in [9.17, 15) is 14.0 Å². The van der Waals surface area contributed by atoms with Gasteiger partial charge in [-0.2, -0.15) is 9.78 Å². The van der Waals surface area contributed by atoms with Crippen molar-refractivity contribution in [1.82, 2.24) is 14.7 Å². The maximum Gasteiger partial charge on any atom is 0.278 e. The summed E-state index contributed by atoms with van der Waals surface area (Å²) in [6.45, 7) is 3.41. The van der Waals surface area contributed by atoms with Crippen LogP contribution < -0.4 is 10.3 Å². The van der Waals surface area contributed by atoms with Gasteiger partial charge < -0.3 is 9.64 Å². The Morgan fingerprint density at radius 3 is 2.68 bits per heavy atom. The Kier molecular flexibility index (Phi) is 4.83. The Morgan fingerprint density at radius 2 is 2.04 bits per heavy atom. The highest BCUT2D eigenvalue weighted by Crippen LogP contribution is 2.21. The fourth-order valence-electron chi connectivity index (χ4n) is 3.03. The van der Waals surface area contributed by atoms with Gasteiger partial charge in [0.2, 0.25) is 0 Å². The van der Waals surface area contributed by atoms with Gasteiger partial charge in [-0.25, -0.2) is 4.39 Å². The van der Waals surface area contributed by atoms with Gasteiger partial charge in [0, 0.05) is 13.1 Å². The first-order chi connectivity index (χ1) is 12.0. The summed E-state index contributed by atoms with van der Waals surface area (Å²) in [5.41, 5.74) is 0.0164. The SMILES string of the molecule is COc1cc(=O)n(-c2ccc(F)cc2)nc1C(=O)N1CCC[C@H](C)C1. The number of benzene rings is 1. The molecule has 3 rings (SSSR count). The maximum absolute atomic E-state index is 13.1. The number of hydrogen-bond donors (Lipinski definition) is 0. The highest BCUT2D eigenvalue weighted by atomic mass is 19.1. The lowest BCUT2D eigenvalue weighted by Gasteiger charge is -2.30. The quantitative estimate of drug-likeness (QED) is 0.856. The molecule has 0 radical (unpaired) electrons. The van der Waals surface area contributed by atoms with Gasteiger partial charge in [-0.15, -0.1) is 0 Å². The molecule has 7 heteroatoms. The van der Waals surface area contributed by atoms with Gasteiger partial charge in [-0.3, -0.25) is 9.59 Å². The van der Waals surface area contributed by atoms with Crippen LogP contribution in [0, 0.1) is 11.7 Å². The van der Waals surface area contributed by atoms with Crippen LogP contribution in [0.15, 0.2) is 35.1 Å². The Bertz CT molecular complexity index is 832. The number of hydrogen-bond acceptors (Lipinski definition) is 4. The second kappa shape index (κ2) is 7.04. The molecule has 1 fully saturated rings. The van der Waals surface area contributed by atoms with E-state index in [0.717, 1.165) is 17.5 Å². The summed E-state index contributed by atoms with van der Waals surface area (Å²) in [5.74, 6) is -0.110. The summed E-state index contributed by atoms with van der Waals surface area (Å²) in [7, 11) is 1.40. The number of carbonyl (C=O) groups is 1. The van der Waals surface area contributed by atoms with E-state index in [2.05, 4.69) is 12.0 Å². The predicted molar refractivity (Wildman–Crippen MR) is 90.6 cm³/mol. The zero-order chi connectivity index (χ0) is 18.0. The van der Waals surface area contributed by atoms with Gasteiger partial charge in [0.05, 0.1) is 18.9 Å². The summed E-state index contributed by atoms with van der Waals surface area (Å²) >= 11 is 0. The highest BCUT2D eigenvalue weighted by Gasteiger charge is 2.26. The van der Waals surface area contributed by atoms with Gasteiger partial charge in [0.15, 0.2) is 11.4 Å². The third kappa shape index (κ3) is 3.55. The average Bonchev–Trinajstić information content (AvgIpc) is 2.61. The smallest absolute Gasteiger partial charge is 0.278 e. The van der Waals surface area contributed by atoms with Gasteiger partial charge in [-0.1, -0.05) is 6.92 Å². The second-order valence-electron chi connectivity index (χ2n) is 6.29. The summed E-state index contributed by atoms with van der Waals surface area (Å²) in [4.78, 5) is 26.9. The van der Waals surface area contributed by atoms with E-state index in [1.54, 1.807) is 4.90 Å². The van der Waals surface area contributed by atoms with Crippen LogP contribution in [0.3, 0.4) is 0 Å². The lowest BCUT2D eigenvalue weighted by Crippen LogP contribution is -2.40. The number of carbonyl (C=O) groups excluding carboxylic acids is 1. The van der Waals surface area contributed by atoms with Crippen molar-refractivity contribution in [1.29, 1.82) is 0 Å². The van der Waals surface area contributed by atoms with E-state index in [1.807, 2.05) is 0 Å². The molecule has 0 aliphatic carbocycles. The fourth-order valence-corrected chi connectivity index (χ4v) is 3.03. The molecule has 25 heavy (non-hydrogen) atoms. The minimum absolute atomic E-state index is 0.0838. The van der Waals surface area contributed by atoms with Crippen molar-refractivity contribution in [3.05, 3.63) is 52.2 Å². The molecule has 1 atom stereocenters. The number of likely N-dealkylation sites (tertiary alicyclic amines) is 1. The first-order valence-electron chi connectivity index (χ1n) is 8.23. The van der Waals surface area contributed by atoms with Gasteiger partial charge >= 0.3 is 0 Å². The number of piperidine rings is 1. The molecule has 0 bridgehead atoms. The lowest BCUT2D eigenvalue weighted by molar-refractivity contribution is 0.0671. The molecule has 132 valence electrons. The largest absolute Gasteiger partial charge is 0.494 e. The van der Waals surface area contributed by atoms with E-state index >= 15 is 0 Å². The molecule has 1 aromatic carbocycles. The second-order valence-corrected chi connectivity index (χ2v) is 6.29. The first kappa shape index (κ1) is 17.1. The summed E-state index contributed by atoms with van der Waals surface area (Å²) in [6.07, 6.45) is 2.02. The van der Waals surface area contributed by atoms with Crippen LogP contribution in [-0.2, 0) is 0 Å². The van der Waals surface area contributed by atoms with Crippen molar-refractivity contribution >= 4 is 5.91 Å². The third-order valence-corrected chi connectivity index (χ3v) is 4.33. The van der Waals surface area contributed by atoms with Crippen molar-refractivity contribution in [3.63, 3.8) is 0 Å². The molecule has 0 spiro atoms. The molecule has 0 unspecified atom stereocenters. The maximum atomic E-state index is 13.1. The van der Waals surface area contributed by atoms with Crippen LogP contribution in [0.25, 0.3) is 5.69 Å². The van der Waals surface area contributed by atoms with E-state index in [4.69, 9.17) is 4.74 Å². The molecule has 1 amide bonds. The molecule has 1 aliphatic rings. The minimum atomic E-state index is -0.452. The summed E-state index contributed by atoms with van der Waals surface area (Å²) in [6, 6.07) is 6.58. The van der Waals surface area contributed by atoms with Crippen LogP contribution in [0.1, 0.15) is 30.3 Å². The number of nitrogens with zero attached hydrogens (tertiary/aromatic N) is 3. The molecule has 1 aromatic heterocycles. The van der Waals surface area contributed by atoms with Crippen molar-refractivity contribution in [2.75, 3.05) is 20.2 Å². The van der Waals surface area contributed by atoms with Crippen molar-refractivity contribution in [2.45, 2.75) is 19.8 Å². The van der Waals surface area contributed by atoms with Crippen molar-refractivity contribution in [2.24, 2.45) is 5.92 Å². The predicted octanol–water partition coefficient (Wildman–Crippen LogP) is 2.25. The van der Waals surface area contributed by atoms with Gasteiger partial charge in [-0.05, 0) is 43.0 Å². The Hall–Kier alpha value is -2.70. The third-order valence-electron chi connectivity index (χ3n) is 4.33. The number of aromatic nitrogens is 2. The standard InChI is InChI=1S/C18H20FN3O3/c1-12-4-3-9-21(11-12)18(24)17-15(25-2)10-16(23)22(20-17)14-7-5-13(19)6-8-14/h5-8,10,12H,3-4,9,11H2,1-2H3/t12-/m0/s1. The molecular formula is C18H20FN3O3. The zero-order valence-electron chi connectivity index (χ0n) is 14.2. The lowest BCUT2D eigenvalue weighted by atomic mass is 10.00. The summed E-state index contributed by atoms with van der Waals surface area (Å²) in [5, 5.41) is 4.21. The normalized spacial score (nSPS) is 17.4. The number of amides is 1. The van der Waals surface area contributed by atoms with Crippen LogP contribution >= 0.6 is 0 Å². The molecule has 0 saturated carbocycles. The van der Waals surface area contributed by atoms with Gasteiger partial charge in [0.25, 0.3) is 11.5 Å². The number of rotatable bonds is 3. The van der Waals surface area contributed by atoms with Crippen molar-refractivity contribution in [3.8, 4) is 11.4 Å². The molecule has 2 heterocycles. The average molecular weight is 345 g/mol. The van der Waals surface area contributed by atoms with Crippen LogP contribution in [0.4, 0.5) is 4.39 Å². The fraction of sp³-hybridized carbons (Fsp3) is 0.389. The van der Waals surface area contributed by atoms with E-state index in [-0.39, 0.29) is 17.4 Å². The number of halogens is 1. The topological polar surface area (TPSA) is 64.4 Å². The van der Waals surface area contributed by atoms with Crippen molar-refractivity contribution < 1.29 is 13.9 Å². The highest BCUT2D eigenvalue weighted by molar-refractivity contribution is 5.94. The molecular weight excluding hydrogens is 325 g/mol. The van der Waals surface area contributed by atoms with Crippen LogP contribution in [-0.4, -0.2) is 40.8 Å². The van der Waals surface area contributed by atoms with Crippen LogP contribution in [0.5, 0.6) is 5.75 Å².